The number of aromatic nitrogens is 5. The van der Waals surface area contributed by atoms with Gasteiger partial charge in [-0.05, 0) is 55.8 Å². The number of pyridine rings is 1. The summed E-state index contributed by atoms with van der Waals surface area (Å²) in [5, 5.41) is 24.8. The minimum atomic E-state index is -0.976. The van der Waals surface area contributed by atoms with Gasteiger partial charge in [0, 0.05) is 43.2 Å². The number of carbonyl (C=O) groups excluding carboxylic acids is 1. The second-order valence-electron chi connectivity index (χ2n) is 14.3. The SMILES string of the molecule is C#Cc1c(F)ccc2cc(O)cc(-c3ncc4c(N5CC6CCC(C5)N6C(=O)n5cc(C#N)cn5)nc(OC[C@@]56CCCN5C[C@H](F)C6)nc4c3F)c12. The van der Waals surface area contributed by atoms with Crippen molar-refractivity contribution in [3.05, 3.63) is 65.6 Å². The number of fused-ring (bicyclic) bond motifs is 5. The van der Waals surface area contributed by atoms with E-state index in [1.54, 1.807) is 4.90 Å². The van der Waals surface area contributed by atoms with Crippen LogP contribution in [-0.2, 0) is 0 Å². The zero-order valence-electron chi connectivity index (χ0n) is 28.3. The average Bonchev–Trinajstić information content (AvgIpc) is 3.92. The first-order valence-electron chi connectivity index (χ1n) is 17.5. The molecular weight excluding hydrogens is 687 g/mol. The maximum Gasteiger partial charge on any atom is 0.345 e. The second kappa shape index (κ2) is 12.3. The number of hydrogen-bond donors (Lipinski definition) is 1. The van der Waals surface area contributed by atoms with E-state index in [-0.39, 0.29) is 75.2 Å². The number of alkyl halides is 1. The van der Waals surface area contributed by atoms with Gasteiger partial charge in [0.05, 0.1) is 46.5 Å². The molecule has 0 radical (unpaired) electrons. The Labute approximate surface area is 301 Å². The summed E-state index contributed by atoms with van der Waals surface area (Å²) in [7, 11) is 0. The Hall–Kier alpha value is -5.93. The van der Waals surface area contributed by atoms with Gasteiger partial charge in [0.25, 0.3) is 0 Å². The summed E-state index contributed by atoms with van der Waals surface area (Å²) in [4.78, 5) is 33.2. The number of halogens is 3. The molecule has 9 rings (SSSR count). The zero-order chi connectivity index (χ0) is 36.6. The Bertz CT molecular complexity index is 2410. The Morgan fingerprint density at radius 1 is 1.13 bits per heavy atom. The molecular formula is C38H32F3N9O3. The molecule has 5 aromatic rings. The Morgan fingerprint density at radius 3 is 2.70 bits per heavy atom. The van der Waals surface area contributed by atoms with Crippen molar-refractivity contribution < 1.29 is 27.8 Å². The van der Waals surface area contributed by atoms with Crippen molar-refractivity contribution >= 4 is 33.5 Å². The minimum absolute atomic E-state index is 0.0817. The number of phenols is 1. The van der Waals surface area contributed by atoms with Crippen molar-refractivity contribution in [3.63, 3.8) is 0 Å². The van der Waals surface area contributed by atoms with E-state index < -0.39 is 23.3 Å². The van der Waals surface area contributed by atoms with Crippen molar-refractivity contribution in [1.29, 1.82) is 5.26 Å². The number of terminal acetylenes is 1. The fourth-order valence-corrected chi connectivity index (χ4v) is 8.91. The van der Waals surface area contributed by atoms with Crippen LogP contribution >= 0.6 is 0 Å². The molecule has 4 atom stereocenters. The normalized spacial score (nSPS) is 23.8. The standard InChI is InChI=1S/C38H32F3N9O3/c1-2-27-30(40)7-4-22-10-26(51)11-28(31(22)27)33-32(41)34-29(15-43-33)35(46-36(45-34)53-20-38-8-3-9-48(38)17-23(39)12-38)47-18-24-5-6-25(19-47)50(24)37(52)49-16-21(13-42)14-44-49/h1,4,7,10-11,14-16,23-25,51H,3,5-6,8-9,12,17-20H2/t23-,24?,25?,38+/m1/s1. The number of anilines is 1. The van der Waals surface area contributed by atoms with E-state index in [0.717, 1.165) is 19.4 Å². The van der Waals surface area contributed by atoms with Crippen LogP contribution in [0.2, 0.25) is 0 Å². The highest BCUT2D eigenvalue weighted by molar-refractivity contribution is 6.03. The maximum absolute atomic E-state index is 17.0. The molecule has 4 aliphatic rings. The molecule has 4 saturated heterocycles. The fraction of sp³-hybridized carbons (Fsp3) is 0.368. The molecule has 12 nitrogen and oxygen atoms in total. The Kier molecular flexibility index (Phi) is 7.67. The molecule has 0 spiro atoms. The molecule has 1 N–H and O–H groups in total. The van der Waals surface area contributed by atoms with Crippen LogP contribution in [0.3, 0.4) is 0 Å². The first kappa shape index (κ1) is 32.9. The number of amides is 1. The van der Waals surface area contributed by atoms with Crippen molar-refractivity contribution in [2.45, 2.75) is 55.9 Å². The smallest absolute Gasteiger partial charge is 0.345 e. The molecule has 3 aromatic heterocycles. The Morgan fingerprint density at radius 2 is 1.94 bits per heavy atom. The average molecular weight is 720 g/mol. The summed E-state index contributed by atoms with van der Waals surface area (Å²) >= 11 is 0. The molecule has 2 aromatic carbocycles. The quantitative estimate of drug-likeness (QED) is 0.243. The van der Waals surface area contributed by atoms with Crippen LogP contribution in [-0.4, -0.2) is 102 Å². The largest absolute Gasteiger partial charge is 0.508 e. The summed E-state index contributed by atoms with van der Waals surface area (Å²) in [6, 6.07) is 6.42. The van der Waals surface area contributed by atoms with Gasteiger partial charge in [-0.1, -0.05) is 12.0 Å². The molecule has 0 aliphatic carbocycles. The highest BCUT2D eigenvalue weighted by Crippen LogP contribution is 2.42. The lowest BCUT2D eigenvalue weighted by Gasteiger charge is -2.41. The molecule has 53 heavy (non-hydrogen) atoms. The summed E-state index contributed by atoms with van der Waals surface area (Å²) in [5.41, 5.74) is -0.586. The van der Waals surface area contributed by atoms with Gasteiger partial charge in [-0.3, -0.25) is 9.88 Å². The molecule has 15 heteroatoms. The number of nitrogens with zero attached hydrogens (tertiary/aromatic N) is 9. The van der Waals surface area contributed by atoms with Crippen molar-refractivity contribution in [1.82, 2.24) is 34.5 Å². The molecule has 2 bridgehead atoms. The third kappa shape index (κ3) is 5.29. The number of nitriles is 1. The third-order valence-electron chi connectivity index (χ3n) is 11.2. The topological polar surface area (TPSA) is 137 Å². The van der Waals surface area contributed by atoms with E-state index in [0.29, 0.717) is 50.1 Å². The lowest BCUT2D eigenvalue weighted by molar-refractivity contribution is 0.107. The number of hydrogen-bond acceptors (Lipinski definition) is 10. The zero-order valence-corrected chi connectivity index (χ0v) is 28.3. The van der Waals surface area contributed by atoms with Gasteiger partial charge in [-0.2, -0.15) is 25.0 Å². The summed E-state index contributed by atoms with van der Waals surface area (Å²) in [6.07, 6.45) is 12.3. The number of phenolic OH excluding ortho intramolecular Hbond substituents is 1. The predicted molar refractivity (Wildman–Crippen MR) is 187 cm³/mol. The number of benzene rings is 2. The summed E-state index contributed by atoms with van der Waals surface area (Å²) in [5.74, 6) is 0.974. The molecule has 268 valence electrons. The summed E-state index contributed by atoms with van der Waals surface area (Å²) < 4.78 is 54.0. The maximum atomic E-state index is 17.0. The van der Waals surface area contributed by atoms with Crippen LogP contribution in [0.4, 0.5) is 23.8 Å². The molecule has 7 heterocycles. The lowest BCUT2D eigenvalue weighted by atomic mass is 9.95. The van der Waals surface area contributed by atoms with E-state index in [1.807, 2.05) is 11.0 Å². The molecule has 2 unspecified atom stereocenters. The van der Waals surface area contributed by atoms with E-state index >= 15 is 4.39 Å². The van der Waals surface area contributed by atoms with Gasteiger partial charge in [-0.15, -0.1) is 6.42 Å². The highest BCUT2D eigenvalue weighted by Gasteiger charge is 2.50. The molecule has 4 fully saturated rings. The second-order valence-corrected chi connectivity index (χ2v) is 14.3. The fourth-order valence-electron chi connectivity index (χ4n) is 8.91. The Balaban J connectivity index is 1.14. The van der Waals surface area contributed by atoms with Crippen LogP contribution < -0.4 is 9.64 Å². The number of aromatic hydroxyl groups is 1. The van der Waals surface area contributed by atoms with Gasteiger partial charge >= 0.3 is 12.0 Å². The monoisotopic (exact) mass is 719 g/mol. The van der Waals surface area contributed by atoms with Gasteiger partial charge in [0.15, 0.2) is 5.82 Å². The lowest BCUT2D eigenvalue weighted by Crippen LogP contribution is -2.57. The third-order valence-corrected chi connectivity index (χ3v) is 11.2. The van der Waals surface area contributed by atoms with Crippen LogP contribution in [0, 0.1) is 35.3 Å². The first-order chi connectivity index (χ1) is 25.7. The number of ether oxygens (including phenoxy) is 1. The predicted octanol–water partition coefficient (Wildman–Crippen LogP) is 5.15. The van der Waals surface area contributed by atoms with E-state index in [2.05, 4.69) is 25.9 Å². The molecule has 4 aliphatic heterocycles. The highest BCUT2D eigenvalue weighted by atomic mass is 19.1. The van der Waals surface area contributed by atoms with Crippen LogP contribution in [0.5, 0.6) is 11.8 Å². The van der Waals surface area contributed by atoms with Crippen molar-refractivity contribution in [2.24, 2.45) is 0 Å². The van der Waals surface area contributed by atoms with E-state index in [4.69, 9.17) is 16.1 Å². The van der Waals surface area contributed by atoms with Crippen LogP contribution in [0.1, 0.15) is 43.2 Å². The van der Waals surface area contributed by atoms with Crippen LogP contribution in [0.15, 0.2) is 42.9 Å². The van der Waals surface area contributed by atoms with Gasteiger partial charge in [-0.25, -0.2) is 18.0 Å². The first-order valence-corrected chi connectivity index (χ1v) is 17.5. The van der Waals surface area contributed by atoms with Gasteiger partial charge in [0.2, 0.25) is 0 Å². The van der Waals surface area contributed by atoms with Gasteiger partial charge < -0.3 is 19.6 Å². The number of piperazine rings is 1. The summed E-state index contributed by atoms with van der Waals surface area (Å²) in [6.45, 7) is 1.91. The van der Waals surface area contributed by atoms with Crippen LogP contribution in [0.25, 0.3) is 32.9 Å². The van der Waals surface area contributed by atoms with E-state index in [9.17, 15) is 23.9 Å². The van der Waals surface area contributed by atoms with Crippen molar-refractivity contribution in [3.8, 4) is 41.4 Å². The van der Waals surface area contributed by atoms with Gasteiger partial charge in [0.1, 0.15) is 47.4 Å². The van der Waals surface area contributed by atoms with E-state index in [1.165, 1.54) is 47.5 Å². The van der Waals surface area contributed by atoms with Crippen molar-refractivity contribution in [2.75, 3.05) is 37.7 Å². The number of rotatable bonds is 5. The molecule has 1 amide bonds. The minimum Gasteiger partial charge on any atom is -0.508 e. The number of carbonyl (C=O) groups is 1. The molecule has 0 saturated carbocycles.